The number of rotatable bonds is 2. The Morgan fingerprint density at radius 1 is 1.12 bits per heavy atom. The molecule has 3 nitrogen and oxygen atoms in total. The number of nitrogens with zero attached hydrogens (tertiary/aromatic N) is 1. The van der Waals surface area contributed by atoms with Crippen molar-refractivity contribution in [3.63, 3.8) is 0 Å². The molecule has 1 aliphatic rings. The third-order valence-corrected chi connectivity index (χ3v) is 4.68. The molecule has 1 atom stereocenters. The first kappa shape index (κ1) is 16.5. The first-order valence-corrected chi connectivity index (χ1v) is 8.36. The number of hydrogen-bond donors (Lipinski definition) is 1. The van der Waals surface area contributed by atoms with Crippen LogP contribution in [0.3, 0.4) is 0 Å². The quantitative estimate of drug-likeness (QED) is 0.816. The predicted molar refractivity (Wildman–Crippen MR) is 94.8 cm³/mol. The summed E-state index contributed by atoms with van der Waals surface area (Å²) in [5, 5.41) is 3.07. The average molecular weight is 326 g/mol. The van der Waals surface area contributed by atoms with Gasteiger partial charge in [-0.15, -0.1) is 0 Å². The second-order valence-electron chi connectivity index (χ2n) is 6.61. The van der Waals surface area contributed by atoms with Crippen LogP contribution in [0.2, 0.25) is 0 Å². The summed E-state index contributed by atoms with van der Waals surface area (Å²) in [5.41, 5.74) is 5.20. The maximum absolute atomic E-state index is 13.1. The summed E-state index contributed by atoms with van der Waals surface area (Å²) in [6.45, 7) is 6.79. The number of anilines is 1. The molecule has 0 aromatic heterocycles. The van der Waals surface area contributed by atoms with Crippen molar-refractivity contribution in [2.24, 2.45) is 0 Å². The van der Waals surface area contributed by atoms with Gasteiger partial charge in [-0.3, -0.25) is 0 Å². The Balaban J connectivity index is 1.80. The first-order valence-electron chi connectivity index (χ1n) is 8.36. The summed E-state index contributed by atoms with van der Waals surface area (Å²) in [4.78, 5) is 14.6. The standard InChI is InChI=1S/C20H23FN2O/c1-13-11-14(2)19(15(3)12-13)22-20(24)23-10-4-5-18(23)16-6-8-17(21)9-7-16/h6-9,11-12,18H,4-5,10H2,1-3H3,(H,22,24)/t18-/m0/s1. The van der Waals surface area contributed by atoms with Crippen molar-refractivity contribution in [3.05, 3.63) is 64.5 Å². The fourth-order valence-electron chi connectivity index (χ4n) is 3.60. The first-order chi connectivity index (χ1) is 11.5. The number of carbonyl (C=O) groups excluding carboxylic acids is 1. The van der Waals surface area contributed by atoms with Crippen LogP contribution in [-0.2, 0) is 0 Å². The minimum Gasteiger partial charge on any atom is -0.317 e. The van der Waals surface area contributed by atoms with E-state index in [0.29, 0.717) is 0 Å². The normalized spacial score (nSPS) is 17.2. The van der Waals surface area contributed by atoms with E-state index in [9.17, 15) is 9.18 Å². The average Bonchev–Trinajstić information content (AvgIpc) is 3.01. The summed E-state index contributed by atoms with van der Waals surface area (Å²) in [6.07, 6.45) is 1.87. The molecule has 1 aliphatic heterocycles. The van der Waals surface area contributed by atoms with E-state index in [0.717, 1.165) is 41.8 Å². The second-order valence-corrected chi connectivity index (χ2v) is 6.61. The fourth-order valence-corrected chi connectivity index (χ4v) is 3.60. The van der Waals surface area contributed by atoms with Gasteiger partial charge in [-0.25, -0.2) is 9.18 Å². The lowest BCUT2D eigenvalue weighted by molar-refractivity contribution is 0.207. The molecule has 0 saturated carbocycles. The van der Waals surface area contributed by atoms with Crippen LogP contribution in [0.1, 0.15) is 41.1 Å². The number of amides is 2. The largest absolute Gasteiger partial charge is 0.322 e. The van der Waals surface area contributed by atoms with Gasteiger partial charge < -0.3 is 10.2 Å². The molecule has 2 aromatic carbocycles. The maximum Gasteiger partial charge on any atom is 0.322 e. The second kappa shape index (κ2) is 6.63. The zero-order chi connectivity index (χ0) is 17.3. The molecular formula is C20H23FN2O. The molecule has 2 amide bonds. The lowest BCUT2D eigenvalue weighted by atomic mass is 10.0. The molecule has 1 N–H and O–H groups in total. The zero-order valence-electron chi connectivity index (χ0n) is 14.4. The molecule has 0 aliphatic carbocycles. The van der Waals surface area contributed by atoms with E-state index in [1.807, 2.05) is 18.7 Å². The molecule has 24 heavy (non-hydrogen) atoms. The van der Waals surface area contributed by atoms with Gasteiger partial charge in [-0.05, 0) is 62.4 Å². The van der Waals surface area contributed by atoms with Crippen molar-refractivity contribution in [2.45, 2.75) is 39.7 Å². The van der Waals surface area contributed by atoms with Crippen LogP contribution < -0.4 is 5.32 Å². The van der Waals surface area contributed by atoms with Crippen LogP contribution in [0.15, 0.2) is 36.4 Å². The van der Waals surface area contributed by atoms with Gasteiger partial charge in [0.25, 0.3) is 0 Å². The van der Waals surface area contributed by atoms with E-state index in [1.165, 1.54) is 17.7 Å². The van der Waals surface area contributed by atoms with Gasteiger partial charge in [0, 0.05) is 12.2 Å². The lowest BCUT2D eigenvalue weighted by Gasteiger charge is -2.26. The number of likely N-dealkylation sites (tertiary alicyclic amines) is 1. The van der Waals surface area contributed by atoms with E-state index in [1.54, 1.807) is 12.1 Å². The molecule has 1 saturated heterocycles. The Morgan fingerprint density at radius 2 is 1.75 bits per heavy atom. The van der Waals surface area contributed by atoms with Crippen LogP contribution in [0.25, 0.3) is 0 Å². The highest BCUT2D eigenvalue weighted by Gasteiger charge is 2.30. The Kier molecular flexibility index (Phi) is 4.56. The van der Waals surface area contributed by atoms with Crippen LogP contribution >= 0.6 is 0 Å². The molecule has 0 radical (unpaired) electrons. The van der Waals surface area contributed by atoms with Crippen molar-refractivity contribution in [2.75, 3.05) is 11.9 Å². The molecule has 126 valence electrons. The van der Waals surface area contributed by atoms with Crippen LogP contribution in [0, 0.1) is 26.6 Å². The molecular weight excluding hydrogens is 303 g/mol. The van der Waals surface area contributed by atoms with E-state index >= 15 is 0 Å². The maximum atomic E-state index is 13.1. The van der Waals surface area contributed by atoms with Crippen molar-refractivity contribution in [3.8, 4) is 0 Å². The number of urea groups is 1. The lowest BCUT2D eigenvalue weighted by Crippen LogP contribution is -2.34. The molecule has 3 rings (SSSR count). The summed E-state index contributed by atoms with van der Waals surface area (Å²) in [7, 11) is 0. The van der Waals surface area contributed by atoms with Crippen LogP contribution in [0.4, 0.5) is 14.9 Å². The van der Waals surface area contributed by atoms with Crippen LogP contribution in [0.5, 0.6) is 0 Å². The molecule has 0 spiro atoms. The van der Waals surface area contributed by atoms with Gasteiger partial charge in [0.05, 0.1) is 6.04 Å². The number of hydrogen-bond acceptors (Lipinski definition) is 1. The summed E-state index contributed by atoms with van der Waals surface area (Å²) in [6, 6.07) is 10.5. The number of aryl methyl sites for hydroxylation is 3. The molecule has 1 fully saturated rings. The van der Waals surface area contributed by atoms with E-state index in [4.69, 9.17) is 0 Å². The van der Waals surface area contributed by atoms with E-state index < -0.39 is 0 Å². The smallest absolute Gasteiger partial charge is 0.317 e. The Labute approximate surface area is 142 Å². The molecule has 2 aromatic rings. The van der Waals surface area contributed by atoms with Gasteiger partial charge in [0.2, 0.25) is 0 Å². The Bertz CT molecular complexity index is 732. The summed E-state index contributed by atoms with van der Waals surface area (Å²) >= 11 is 0. The number of carbonyl (C=O) groups is 1. The van der Waals surface area contributed by atoms with E-state index in [-0.39, 0.29) is 17.9 Å². The molecule has 1 heterocycles. The number of nitrogens with one attached hydrogen (secondary N) is 1. The van der Waals surface area contributed by atoms with Crippen molar-refractivity contribution < 1.29 is 9.18 Å². The minimum atomic E-state index is -0.251. The third-order valence-electron chi connectivity index (χ3n) is 4.68. The van der Waals surface area contributed by atoms with Gasteiger partial charge in [0.1, 0.15) is 5.82 Å². The van der Waals surface area contributed by atoms with Crippen molar-refractivity contribution in [1.82, 2.24) is 4.90 Å². The highest BCUT2D eigenvalue weighted by atomic mass is 19.1. The molecule has 0 bridgehead atoms. The SMILES string of the molecule is Cc1cc(C)c(NC(=O)N2CCC[C@H]2c2ccc(F)cc2)c(C)c1. The summed E-state index contributed by atoms with van der Waals surface area (Å²) in [5.74, 6) is -0.251. The van der Waals surface area contributed by atoms with Crippen LogP contribution in [-0.4, -0.2) is 17.5 Å². The van der Waals surface area contributed by atoms with Gasteiger partial charge in [-0.2, -0.15) is 0 Å². The van der Waals surface area contributed by atoms with Crippen molar-refractivity contribution in [1.29, 1.82) is 0 Å². The van der Waals surface area contributed by atoms with Gasteiger partial charge >= 0.3 is 6.03 Å². The Morgan fingerprint density at radius 3 is 2.38 bits per heavy atom. The highest BCUT2D eigenvalue weighted by Crippen LogP contribution is 2.33. The third kappa shape index (κ3) is 3.28. The zero-order valence-corrected chi connectivity index (χ0v) is 14.4. The highest BCUT2D eigenvalue weighted by molar-refractivity contribution is 5.91. The minimum absolute atomic E-state index is 0.0108. The van der Waals surface area contributed by atoms with Gasteiger partial charge in [-0.1, -0.05) is 29.8 Å². The predicted octanol–water partition coefficient (Wildman–Crippen LogP) is 5.12. The van der Waals surface area contributed by atoms with E-state index in [2.05, 4.69) is 24.4 Å². The summed E-state index contributed by atoms with van der Waals surface area (Å²) < 4.78 is 13.1. The Hall–Kier alpha value is -2.36. The fraction of sp³-hybridized carbons (Fsp3) is 0.350. The molecule has 4 heteroatoms. The van der Waals surface area contributed by atoms with Gasteiger partial charge in [0.15, 0.2) is 0 Å². The number of halogens is 1. The number of benzene rings is 2. The molecule has 0 unspecified atom stereocenters. The topological polar surface area (TPSA) is 32.3 Å². The monoisotopic (exact) mass is 326 g/mol. The van der Waals surface area contributed by atoms with Crippen molar-refractivity contribution >= 4 is 11.7 Å².